The fraction of sp³-hybridized carbons (Fsp3) is 0.263. The van der Waals surface area contributed by atoms with Gasteiger partial charge >= 0.3 is 0 Å². The van der Waals surface area contributed by atoms with Crippen LogP contribution in [-0.4, -0.2) is 48.1 Å². The van der Waals surface area contributed by atoms with Gasteiger partial charge in [0, 0.05) is 37.6 Å². The number of nitrogens with one attached hydrogen (secondary N) is 2. The molecule has 0 bridgehead atoms. The summed E-state index contributed by atoms with van der Waals surface area (Å²) in [4.78, 5) is 24.1. The van der Waals surface area contributed by atoms with Gasteiger partial charge < -0.3 is 15.1 Å². The van der Waals surface area contributed by atoms with E-state index in [4.69, 9.17) is 0 Å². The molecule has 3 aromatic rings. The van der Waals surface area contributed by atoms with Gasteiger partial charge in [-0.15, -0.1) is 0 Å². The summed E-state index contributed by atoms with van der Waals surface area (Å²) in [5.41, 5.74) is 2.67. The number of H-pyrrole nitrogens is 1. The van der Waals surface area contributed by atoms with E-state index in [9.17, 15) is 4.79 Å². The molecule has 1 aliphatic heterocycles. The lowest BCUT2D eigenvalue weighted by atomic mass is 10.2. The first-order chi connectivity index (χ1) is 12.2. The summed E-state index contributed by atoms with van der Waals surface area (Å²) < 4.78 is 0. The first-order valence-electron chi connectivity index (χ1n) is 8.49. The fourth-order valence-electron chi connectivity index (χ4n) is 3.10. The van der Waals surface area contributed by atoms with Crippen LogP contribution in [0.3, 0.4) is 0 Å². The van der Waals surface area contributed by atoms with Crippen molar-refractivity contribution in [2.24, 2.45) is 0 Å². The van der Waals surface area contributed by atoms with Crippen molar-refractivity contribution in [1.82, 2.24) is 14.9 Å². The van der Waals surface area contributed by atoms with E-state index in [0.717, 1.165) is 31.9 Å². The topological polar surface area (TPSA) is 64.3 Å². The summed E-state index contributed by atoms with van der Waals surface area (Å²) in [5.74, 6) is 0.455. The van der Waals surface area contributed by atoms with Crippen molar-refractivity contribution in [3.63, 3.8) is 0 Å². The van der Waals surface area contributed by atoms with Gasteiger partial charge in [0.15, 0.2) is 0 Å². The Labute approximate surface area is 146 Å². The van der Waals surface area contributed by atoms with Crippen LogP contribution in [0, 0.1) is 0 Å². The minimum Gasteiger partial charge on any atom is -0.369 e. The molecule has 0 spiro atoms. The van der Waals surface area contributed by atoms with Crippen LogP contribution in [-0.2, 0) is 0 Å². The molecule has 0 atom stereocenters. The maximum atomic E-state index is 12.1. The minimum absolute atomic E-state index is 0.137. The van der Waals surface area contributed by atoms with Gasteiger partial charge in [-0.2, -0.15) is 0 Å². The molecule has 4 rings (SSSR count). The Morgan fingerprint density at radius 3 is 2.48 bits per heavy atom. The molecule has 1 aromatic heterocycles. The number of benzene rings is 2. The Morgan fingerprint density at radius 2 is 1.72 bits per heavy atom. The average Bonchev–Trinajstić information content (AvgIpc) is 2.63. The highest BCUT2D eigenvalue weighted by Crippen LogP contribution is 2.21. The molecule has 2 aromatic carbocycles. The summed E-state index contributed by atoms with van der Waals surface area (Å²) in [6.45, 7) is 4.26. The monoisotopic (exact) mass is 335 g/mol. The number of anilines is 3. The summed E-state index contributed by atoms with van der Waals surface area (Å²) in [5, 5.41) is 3.78. The lowest BCUT2D eigenvalue weighted by molar-refractivity contribution is 0.313. The second-order valence-electron chi connectivity index (χ2n) is 6.39. The van der Waals surface area contributed by atoms with Crippen molar-refractivity contribution in [3.8, 4) is 0 Å². The quantitative estimate of drug-likeness (QED) is 0.770. The molecule has 0 saturated carbocycles. The molecule has 2 heterocycles. The van der Waals surface area contributed by atoms with Crippen molar-refractivity contribution in [3.05, 3.63) is 58.9 Å². The smallest absolute Gasteiger partial charge is 0.260 e. The standard InChI is InChI=1S/C19H21N5O/c1-23-10-12-24(13-11-23)15-8-6-14(7-9-15)20-19-21-17-5-3-2-4-16(17)18(25)22-19/h2-9H,10-13H2,1H3,(H2,20,21,22,25). The van der Waals surface area contributed by atoms with Gasteiger partial charge in [0.25, 0.3) is 5.56 Å². The van der Waals surface area contributed by atoms with Crippen molar-refractivity contribution in [1.29, 1.82) is 0 Å². The Bertz CT molecular complexity index is 926. The number of rotatable bonds is 3. The molecule has 1 aliphatic rings. The largest absolute Gasteiger partial charge is 0.369 e. The molecule has 6 nitrogen and oxygen atoms in total. The van der Waals surface area contributed by atoms with Gasteiger partial charge in [0.1, 0.15) is 0 Å². The molecule has 1 fully saturated rings. The zero-order valence-electron chi connectivity index (χ0n) is 14.2. The Kier molecular flexibility index (Phi) is 4.11. The van der Waals surface area contributed by atoms with Crippen LogP contribution in [0.4, 0.5) is 17.3 Å². The Morgan fingerprint density at radius 1 is 1.00 bits per heavy atom. The van der Waals surface area contributed by atoms with Gasteiger partial charge in [-0.1, -0.05) is 12.1 Å². The molecule has 0 aliphatic carbocycles. The van der Waals surface area contributed by atoms with Crippen molar-refractivity contribution in [2.45, 2.75) is 0 Å². The summed E-state index contributed by atoms with van der Waals surface area (Å²) in [7, 11) is 2.15. The van der Waals surface area contributed by atoms with Gasteiger partial charge in [0.05, 0.1) is 10.9 Å². The SMILES string of the molecule is CN1CCN(c2ccc(Nc3nc4ccccc4c(=O)[nH]3)cc2)CC1. The van der Waals surface area contributed by atoms with E-state index >= 15 is 0 Å². The summed E-state index contributed by atoms with van der Waals surface area (Å²) >= 11 is 0. The maximum Gasteiger partial charge on any atom is 0.260 e. The molecule has 1 saturated heterocycles. The van der Waals surface area contributed by atoms with E-state index in [-0.39, 0.29) is 5.56 Å². The molecular weight excluding hydrogens is 314 g/mol. The van der Waals surface area contributed by atoms with E-state index in [1.54, 1.807) is 6.07 Å². The van der Waals surface area contributed by atoms with Gasteiger partial charge in [-0.25, -0.2) is 4.98 Å². The van der Waals surface area contributed by atoms with Crippen molar-refractivity contribution < 1.29 is 0 Å². The number of hydrogen-bond donors (Lipinski definition) is 2. The predicted octanol–water partition coefficient (Wildman–Crippen LogP) is 2.42. The number of hydrogen-bond acceptors (Lipinski definition) is 5. The van der Waals surface area contributed by atoms with E-state index < -0.39 is 0 Å². The van der Waals surface area contributed by atoms with E-state index in [1.807, 2.05) is 30.3 Å². The lowest BCUT2D eigenvalue weighted by Crippen LogP contribution is -2.44. The first-order valence-corrected chi connectivity index (χ1v) is 8.49. The van der Waals surface area contributed by atoms with Crippen LogP contribution in [0.15, 0.2) is 53.3 Å². The fourth-order valence-corrected chi connectivity index (χ4v) is 3.10. The number of aromatic nitrogens is 2. The second kappa shape index (κ2) is 6.57. The number of aromatic amines is 1. The normalized spacial score (nSPS) is 15.5. The third-order valence-corrected chi connectivity index (χ3v) is 4.61. The minimum atomic E-state index is -0.137. The van der Waals surface area contributed by atoms with Crippen LogP contribution in [0.1, 0.15) is 0 Å². The van der Waals surface area contributed by atoms with Crippen LogP contribution in [0.2, 0.25) is 0 Å². The zero-order chi connectivity index (χ0) is 17.2. The van der Waals surface area contributed by atoms with Crippen LogP contribution < -0.4 is 15.8 Å². The third-order valence-electron chi connectivity index (χ3n) is 4.61. The first kappa shape index (κ1) is 15.7. The number of fused-ring (bicyclic) bond motifs is 1. The van der Waals surface area contributed by atoms with E-state index in [2.05, 4.69) is 44.3 Å². The van der Waals surface area contributed by atoms with Crippen molar-refractivity contribution >= 4 is 28.2 Å². The van der Waals surface area contributed by atoms with Crippen LogP contribution in [0.25, 0.3) is 10.9 Å². The average molecular weight is 335 g/mol. The highest BCUT2D eigenvalue weighted by molar-refractivity contribution is 5.78. The van der Waals surface area contributed by atoms with E-state index in [0.29, 0.717) is 16.9 Å². The number of likely N-dealkylation sites (N-methyl/N-ethyl adjacent to an activating group) is 1. The Hall–Kier alpha value is -2.86. The van der Waals surface area contributed by atoms with Crippen LogP contribution in [0.5, 0.6) is 0 Å². The highest BCUT2D eigenvalue weighted by atomic mass is 16.1. The molecule has 25 heavy (non-hydrogen) atoms. The van der Waals surface area contributed by atoms with Crippen molar-refractivity contribution in [2.75, 3.05) is 43.4 Å². The summed E-state index contributed by atoms with van der Waals surface area (Å²) in [6.07, 6.45) is 0. The Balaban J connectivity index is 1.52. The number of nitrogens with zero attached hydrogens (tertiary/aromatic N) is 3. The molecule has 0 radical (unpaired) electrons. The number of para-hydroxylation sites is 1. The molecule has 128 valence electrons. The summed E-state index contributed by atoms with van der Waals surface area (Å²) in [6, 6.07) is 15.6. The van der Waals surface area contributed by atoms with Gasteiger partial charge in [-0.3, -0.25) is 9.78 Å². The van der Waals surface area contributed by atoms with E-state index in [1.165, 1.54) is 5.69 Å². The third kappa shape index (κ3) is 3.34. The molecule has 6 heteroatoms. The van der Waals surface area contributed by atoms with Gasteiger partial charge in [0.2, 0.25) is 5.95 Å². The predicted molar refractivity (Wildman–Crippen MR) is 102 cm³/mol. The molecule has 0 unspecified atom stereocenters. The molecule has 0 amide bonds. The maximum absolute atomic E-state index is 12.1. The highest BCUT2D eigenvalue weighted by Gasteiger charge is 2.14. The second-order valence-corrected chi connectivity index (χ2v) is 6.39. The van der Waals surface area contributed by atoms with Crippen LogP contribution >= 0.6 is 0 Å². The zero-order valence-corrected chi connectivity index (χ0v) is 14.2. The molecule has 2 N–H and O–H groups in total. The van der Waals surface area contributed by atoms with Gasteiger partial charge in [-0.05, 0) is 43.4 Å². The number of piperazine rings is 1. The lowest BCUT2D eigenvalue weighted by Gasteiger charge is -2.34. The molecular formula is C19H21N5O.